The largest absolute Gasteiger partial charge is 0.507 e. The third-order valence-corrected chi connectivity index (χ3v) is 4.92. The van der Waals surface area contributed by atoms with Gasteiger partial charge in [0.25, 0.3) is 11.7 Å². The summed E-state index contributed by atoms with van der Waals surface area (Å²) in [6.07, 6.45) is 0. The van der Waals surface area contributed by atoms with Crippen molar-refractivity contribution in [2.24, 2.45) is 0 Å². The Hall–Kier alpha value is -3.26. The van der Waals surface area contributed by atoms with Crippen LogP contribution in [0.4, 0.5) is 0 Å². The molecular formula is C21H21NO7. The molecule has 2 aromatic rings. The van der Waals surface area contributed by atoms with Crippen LogP contribution in [0.2, 0.25) is 0 Å². The van der Waals surface area contributed by atoms with E-state index < -0.39 is 17.7 Å². The molecule has 0 aliphatic carbocycles. The molecule has 1 atom stereocenters. The average Bonchev–Trinajstić information content (AvgIpc) is 3.27. The van der Waals surface area contributed by atoms with E-state index in [1.165, 1.54) is 12.0 Å². The Balaban J connectivity index is 1.82. The standard InChI is InChI=1S/C21H21NO7/c1-12-3-5-15(29-12)18-17(20(24)21(25)22(18)7-8-26-2)19(23)13-4-6-14-16(11-13)28-10-9-27-14/h3-6,11,18,23H,7-10H2,1-2H3/t18-/m1/s1. The Morgan fingerprint density at radius 1 is 1.17 bits per heavy atom. The van der Waals surface area contributed by atoms with Gasteiger partial charge in [0.15, 0.2) is 11.5 Å². The Labute approximate surface area is 167 Å². The molecule has 0 unspecified atom stereocenters. The number of aliphatic hydroxyl groups is 1. The van der Waals surface area contributed by atoms with Gasteiger partial charge in [-0.1, -0.05) is 0 Å². The predicted octanol–water partition coefficient (Wildman–Crippen LogP) is 2.43. The molecular weight excluding hydrogens is 378 g/mol. The van der Waals surface area contributed by atoms with Crippen LogP contribution >= 0.6 is 0 Å². The van der Waals surface area contributed by atoms with E-state index in [0.29, 0.717) is 41.8 Å². The van der Waals surface area contributed by atoms with Gasteiger partial charge in [0.2, 0.25) is 0 Å². The molecule has 3 heterocycles. The zero-order chi connectivity index (χ0) is 20.5. The number of carbonyl (C=O) groups excluding carboxylic acids is 2. The van der Waals surface area contributed by atoms with Crippen LogP contribution in [0.15, 0.2) is 40.3 Å². The number of aliphatic hydroxyl groups excluding tert-OH is 1. The highest BCUT2D eigenvalue weighted by Gasteiger charge is 2.47. The van der Waals surface area contributed by atoms with Gasteiger partial charge in [-0.2, -0.15) is 0 Å². The fourth-order valence-corrected chi connectivity index (χ4v) is 3.54. The lowest BCUT2D eigenvalue weighted by atomic mass is 9.99. The molecule has 8 nitrogen and oxygen atoms in total. The van der Waals surface area contributed by atoms with Crippen LogP contribution in [0.3, 0.4) is 0 Å². The molecule has 0 bridgehead atoms. The Morgan fingerprint density at radius 3 is 2.62 bits per heavy atom. The second-order valence-corrected chi connectivity index (χ2v) is 6.79. The van der Waals surface area contributed by atoms with E-state index in [-0.39, 0.29) is 24.5 Å². The molecule has 1 saturated heterocycles. The van der Waals surface area contributed by atoms with Crippen molar-refractivity contribution < 1.29 is 33.3 Å². The van der Waals surface area contributed by atoms with Gasteiger partial charge in [-0.25, -0.2) is 0 Å². The maximum absolute atomic E-state index is 12.8. The maximum atomic E-state index is 12.8. The van der Waals surface area contributed by atoms with E-state index in [2.05, 4.69) is 0 Å². The fourth-order valence-electron chi connectivity index (χ4n) is 3.54. The summed E-state index contributed by atoms with van der Waals surface area (Å²) in [6.45, 7) is 3.04. The molecule has 1 fully saturated rings. The van der Waals surface area contributed by atoms with Crippen LogP contribution in [0.1, 0.15) is 23.1 Å². The number of methoxy groups -OCH3 is 1. The quantitative estimate of drug-likeness (QED) is 0.468. The van der Waals surface area contributed by atoms with Crippen molar-refractivity contribution in [3.63, 3.8) is 0 Å². The first-order chi connectivity index (χ1) is 14.0. The number of hydrogen-bond donors (Lipinski definition) is 1. The lowest BCUT2D eigenvalue weighted by Crippen LogP contribution is -2.32. The van der Waals surface area contributed by atoms with Crippen molar-refractivity contribution in [1.29, 1.82) is 0 Å². The summed E-state index contributed by atoms with van der Waals surface area (Å²) in [5.41, 5.74) is 0.324. The maximum Gasteiger partial charge on any atom is 0.295 e. The molecule has 1 aromatic heterocycles. The minimum absolute atomic E-state index is 0.0304. The van der Waals surface area contributed by atoms with Gasteiger partial charge in [-0.3, -0.25) is 9.59 Å². The van der Waals surface area contributed by atoms with E-state index in [4.69, 9.17) is 18.6 Å². The van der Waals surface area contributed by atoms with Crippen molar-refractivity contribution in [1.82, 2.24) is 4.90 Å². The fraction of sp³-hybridized carbons (Fsp3) is 0.333. The number of amides is 1. The summed E-state index contributed by atoms with van der Waals surface area (Å²) >= 11 is 0. The number of ether oxygens (including phenoxy) is 3. The highest BCUT2D eigenvalue weighted by Crippen LogP contribution is 2.41. The zero-order valence-electron chi connectivity index (χ0n) is 16.1. The van der Waals surface area contributed by atoms with Gasteiger partial charge >= 0.3 is 0 Å². The normalized spacial score (nSPS) is 20.3. The monoisotopic (exact) mass is 399 g/mol. The molecule has 1 N–H and O–H groups in total. The van der Waals surface area contributed by atoms with Crippen molar-refractivity contribution in [3.05, 3.63) is 53.0 Å². The predicted molar refractivity (Wildman–Crippen MR) is 102 cm³/mol. The highest BCUT2D eigenvalue weighted by atomic mass is 16.6. The van der Waals surface area contributed by atoms with Gasteiger partial charge in [0, 0.05) is 19.2 Å². The first-order valence-corrected chi connectivity index (χ1v) is 9.25. The summed E-state index contributed by atoms with van der Waals surface area (Å²) in [5, 5.41) is 11.0. The summed E-state index contributed by atoms with van der Waals surface area (Å²) < 4.78 is 21.8. The SMILES string of the molecule is COCCN1C(=O)C(=O)C(=C(O)c2ccc3c(c2)OCCO3)[C@H]1c1ccc(C)o1. The number of nitrogens with zero attached hydrogens (tertiary/aromatic N) is 1. The molecule has 8 heteroatoms. The number of rotatable bonds is 5. The van der Waals surface area contributed by atoms with Crippen molar-refractivity contribution in [2.75, 3.05) is 33.5 Å². The molecule has 0 radical (unpaired) electrons. The highest BCUT2D eigenvalue weighted by molar-refractivity contribution is 6.46. The molecule has 29 heavy (non-hydrogen) atoms. The number of benzene rings is 1. The van der Waals surface area contributed by atoms with E-state index in [1.807, 2.05) is 0 Å². The van der Waals surface area contributed by atoms with Crippen LogP contribution < -0.4 is 9.47 Å². The van der Waals surface area contributed by atoms with Crippen LogP contribution in [0.25, 0.3) is 5.76 Å². The van der Waals surface area contributed by atoms with E-state index >= 15 is 0 Å². The molecule has 2 aliphatic heterocycles. The molecule has 2 aliphatic rings. The minimum Gasteiger partial charge on any atom is -0.507 e. The molecule has 1 aromatic carbocycles. The number of furan rings is 1. The number of ketones is 1. The van der Waals surface area contributed by atoms with Crippen LogP contribution in [0.5, 0.6) is 11.5 Å². The number of hydrogen-bond acceptors (Lipinski definition) is 7. The summed E-state index contributed by atoms with van der Waals surface area (Å²) in [6, 6.07) is 7.48. The molecule has 1 amide bonds. The lowest BCUT2D eigenvalue weighted by Gasteiger charge is -2.23. The molecule has 152 valence electrons. The van der Waals surface area contributed by atoms with Crippen LogP contribution in [0, 0.1) is 6.92 Å². The van der Waals surface area contributed by atoms with Crippen molar-refractivity contribution in [2.45, 2.75) is 13.0 Å². The summed E-state index contributed by atoms with van der Waals surface area (Å²) in [4.78, 5) is 26.9. The first kappa shape index (κ1) is 19.1. The van der Waals surface area contributed by atoms with Gasteiger partial charge in [-0.05, 0) is 37.3 Å². The third-order valence-electron chi connectivity index (χ3n) is 4.92. The zero-order valence-corrected chi connectivity index (χ0v) is 16.1. The Kier molecular flexibility index (Phi) is 5.02. The number of aryl methyl sites for hydroxylation is 1. The molecule has 0 spiro atoms. The number of likely N-dealkylation sites (tertiary alicyclic amines) is 1. The first-order valence-electron chi connectivity index (χ1n) is 9.25. The van der Waals surface area contributed by atoms with Crippen molar-refractivity contribution in [3.8, 4) is 11.5 Å². The van der Waals surface area contributed by atoms with Gasteiger partial charge in [0.1, 0.15) is 36.5 Å². The van der Waals surface area contributed by atoms with Crippen LogP contribution in [-0.4, -0.2) is 55.2 Å². The Bertz CT molecular complexity index is 991. The second kappa shape index (κ2) is 7.63. The van der Waals surface area contributed by atoms with E-state index in [1.54, 1.807) is 37.3 Å². The topological polar surface area (TPSA) is 98.4 Å². The van der Waals surface area contributed by atoms with E-state index in [9.17, 15) is 14.7 Å². The van der Waals surface area contributed by atoms with Gasteiger partial charge < -0.3 is 28.6 Å². The van der Waals surface area contributed by atoms with Gasteiger partial charge in [0.05, 0.1) is 12.2 Å². The molecule has 0 saturated carbocycles. The Morgan fingerprint density at radius 2 is 1.93 bits per heavy atom. The smallest absolute Gasteiger partial charge is 0.295 e. The number of Topliss-reactive ketones (excluding diaryl/α,β-unsaturated/α-hetero) is 1. The summed E-state index contributed by atoms with van der Waals surface area (Å²) in [7, 11) is 1.51. The van der Waals surface area contributed by atoms with Gasteiger partial charge in [-0.15, -0.1) is 0 Å². The van der Waals surface area contributed by atoms with Crippen LogP contribution in [-0.2, 0) is 14.3 Å². The van der Waals surface area contributed by atoms with E-state index in [0.717, 1.165) is 0 Å². The lowest BCUT2D eigenvalue weighted by molar-refractivity contribution is -0.140. The second-order valence-electron chi connectivity index (χ2n) is 6.79. The summed E-state index contributed by atoms with van der Waals surface area (Å²) in [5.74, 6) is 0.298. The number of fused-ring (bicyclic) bond motifs is 1. The number of carbonyl (C=O) groups is 2. The minimum atomic E-state index is -0.841. The average molecular weight is 399 g/mol. The van der Waals surface area contributed by atoms with Crippen molar-refractivity contribution >= 4 is 17.4 Å². The third kappa shape index (κ3) is 3.36. The molecule has 4 rings (SSSR count).